The zero-order valence-corrected chi connectivity index (χ0v) is 12.3. The van der Waals surface area contributed by atoms with Gasteiger partial charge in [0.15, 0.2) is 0 Å². The van der Waals surface area contributed by atoms with Gasteiger partial charge in [-0.25, -0.2) is 4.79 Å². The van der Waals surface area contributed by atoms with Gasteiger partial charge in [-0.3, -0.25) is 0 Å². The second kappa shape index (κ2) is 6.20. The van der Waals surface area contributed by atoms with E-state index in [0.717, 1.165) is 24.0 Å². The summed E-state index contributed by atoms with van der Waals surface area (Å²) < 4.78 is 4.59. The van der Waals surface area contributed by atoms with Crippen LogP contribution in [-0.2, 0) is 9.53 Å². The number of hydrogen-bond acceptors (Lipinski definition) is 3. The number of esters is 1. The van der Waals surface area contributed by atoms with Crippen LogP contribution >= 0.6 is 0 Å². The summed E-state index contributed by atoms with van der Waals surface area (Å²) in [6.07, 6.45) is 6.67. The van der Waals surface area contributed by atoms with Gasteiger partial charge in [0.25, 0.3) is 0 Å². The summed E-state index contributed by atoms with van der Waals surface area (Å²) in [5, 5.41) is 10.1. The van der Waals surface area contributed by atoms with Gasteiger partial charge in [0.05, 0.1) is 13.2 Å². The van der Waals surface area contributed by atoms with E-state index in [4.69, 9.17) is 0 Å². The van der Waals surface area contributed by atoms with Crippen LogP contribution in [0.25, 0.3) is 0 Å². The smallest absolute Gasteiger partial charge is 0.330 e. The molecule has 1 N–H and O–H groups in total. The topological polar surface area (TPSA) is 46.5 Å². The lowest BCUT2D eigenvalue weighted by Gasteiger charge is -2.42. The van der Waals surface area contributed by atoms with E-state index in [0.29, 0.717) is 0 Å². The van der Waals surface area contributed by atoms with Crippen LogP contribution in [-0.4, -0.2) is 24.3 Å². The molecule has 3 heteroatoms. The van der Waals surface area contributed by atoms with Crippen molar-refractivity contribution in [2.75, 3.05) is 7.11 Å². The summed E-state index contributed by atoms with van der Waals surface area (Å²) in [6.45, 7) is 10.1. The van der Waals surface area contributed by atoms with Crippen molar-refractivity contribution >= 4 is 5.97 Å². The van der Waals surface area contributed by atoms with E-state index < -0.39 is 0 Å². The van der Waals surface area contributed by atoms with Crippen LogP contribution < -0.4 is 0 Å². The van der Waals surface area contributed by atoms with Crippen molar-refractivity contribution in [3.63, 3.8) is 0 Å². The molecule has 1 aliphatic carbocycles. The monoisotopic (exact) mass is 264 g/mol. The number of aliphatic hydroxyl groups excluding tert-OH is 1. The van der Waals surface area contributed by atoms with Gasteiger partial charge in [-0.1, -0.05) is 38.2 Å². The minimum atomic E-state index is -0.357. The van der Waals surface area contributed by atoms with E-state index in [1.165, 1.54) is 13.2 Å². The van der Waals surface area contributed by atoms with Crippen LogP contribution in [0, 0.1) is 11.3 Å². The SMILES string of the molecule is C=C1CC[C@@H](O)C(C)(C)[C@H]1/C=C/C(C)=C/C(=O)OC. The van der Waals surface area contributed by atoms with E-state index >= 15 is 0 Å². The van der Waals surface area contributed by atoms with Crippen LogP contribution in [0.3, 0.4) is 0 Å². The van der Waals surface area contributed by atoms with Crippen molar-refractivity contribution in [1.29, 1.82) is 0 Å². The molecule has 0 aromatic rings. The summed E-state index contributed by atoms with van der Waals surface area (Å²) in [4.78, 5) is 11.1. The Bertz CT molecular complexity index is 416. The Hall–Kier alpha value is -1.35. The quantitative estimate of drug-likeness (QED) is 0.369. The molecule has 106 valence electrons. The third-order valence-corrected chi connectivity index (χ3v) is 3.94. The van der Waals surface area contributed by atoms with Gasteiger partial charge in [0, 0.05) is 17.4 Å². The molecule has 1 aliphatic rings. The van der Waals surface area contributed by atoms with Crippen molar-refractivity contribution in [2.24, 2.45) is 11.3 Å². The molecule has 2 atom stereocenters. The fourth-order valence-corrected chi connectivity index (χ4v) is 2.51. The number of rotatable bonds is 3. The third-order valence-electron chi connectivity index (χ3n) is 3.94. The van der Waals surface area contributed by atoms with Gasteiger partial charge < -0.3 is 9.84 Å². The van der Waals surface area contributed by atoms with Crippen LogP contribution in [0.2, 0.25) is 0 Å². The first kappa shape index (κ1) is 15.7. The Morgan fingerprint density at radius 1 is 1.53 bits per heavy atom. The fraction of sp³-hybridized carbons (Fsp3) is 0.562. The molecule has 1 fully saturated rings. The van der Waals surface area contributed by atoms with Gasteiger partial charge >= 0.3 is 5.97 Å². The first-order valence-electron chi connectivity index (χ1n) is 6.59. The molecule has 0 bridgehead atoms. The number of allylic oxidation sites excluding steroid dienone is 4. The first-order chi connectivity index (χ1) is 8.78. The highest BCUT2D eigenvalue weighted by Crippen LogP contribution is 2.44. The molecule has 0 unspecified atom stereocenters. The molecule has 3 nitrogen and oxygen atoms in total. The Labute approximate surface area is 115 Å². The number of ether oxygens (including phenoxy) is 1. The third kappa shape index (κ3) is 3.80. The van der Waals surface area contributed by atoms with E-state index in [2.05, 4.69) is 25.2 Å². The van der Waals surface area contributed by atoms with Crippen molar-refractivity contribution in [3.05, 3.63) is 36.0 Å². The zero-order chi connectivity index (χ0) is 14.6. The minimum Gasteiger partial charge on any atom is -0.466 e. The standard InChI is InChI=1S/C16H24O3/c1-11(10-15(18)19-5)6-8-13-12(2)7-9-14(17)16(13,3)4/h6,8,10,13-14,17H,2,7,9H2,1,3-5H3/b8-6+,11-10+/t13-,14+/m0/s1. The normalized spacial score (nSPS) is 27.6. The van der Waals surface area contributed by atoms with Crippen molar-refractivity contribution in [1.82, 2.24) is 0 Å². The lowest BCUT2D eigenvalue weighted by atomic mass is 9.65. The summed E-state index contributed by atoms with van der Waals surface area (Å²) in [5.74, 6) is -0.235. The van der Waals surface area contributed by atoms with Gasteiger partial charge in [0.2, 0.25) is 0 Å². The number of carbonyl (C=O) groups is 1. The maximum atomic E-state index is 11.1. The van der Waals surface area contributed by atoms with Gasteiger partial charge in [-0.2, -0.15) is 0 Å². The average Bonchev–Trinajstić information content (AvgIpc) is 2.33. The second-order valence-electron chi connectivity index (χ2n) is 5.78. The van der Waals surface area contributed by atoms with Gasteiger partial charge in [-0.15, -0.1) is 0 Å². The van der Waals surface area contributed by atoms with Crippen molar-refractivity contribution < 1.29 is 14.6 Å². The first-order valence-corrected chi connectivity index (χ1v) is 6.59. The molecular weight excluding hydrogens is 240 g/mol. The summed E-state index contributed by atoms with van der Waals surface area (Å²) >= 11 is 0. The predicted molar refractivity (Wildman–Crippen MR) is 76.6 cm³/mol. The average molecular weight is 264 g/mol. The van der Waals surface area contributed by atoms with E-state index in [-0.39, 0.29) is 23.4 Å². The summed E-state index contributed by atoms with van der Waals surface area (Å²) in [5.41, 5.74) is 1.74. The molecule has 1 saturated carbocycles. The number of carbonyl (C=O) groups excluding carboxylic acids is 1. The Morgan fingerprint density at radius 2 is 2.16 bits per heavy atom. The number of methoxy groups -OCH3 is 1. The van der Waals surface area contributed by atoms with Gasteiger partial charge in [0.1, 0.15) is 0 Å². The molecule has 0 aliphatic heterocycles. The maximum absolute atomic E-state index is 11.1. The molecule has 0 radical (unpaired) electrons. The second-order valence-corrected chi connectivity index (χ2v) is 5.78. The zero-order valence-electron chi connectivity index (χ0n) is 12.3. The fourth-order valence-electron chi connectivity index (χ4n) is 2.51. The number of hydrogen-bond donors (Lipinski definition) is 1. The highest BCUT2D eigenvalue weighted by molar-refractivity contribution is 5.83. The lowest BCUT2D eigenvalue weighted by molar-refractivity contribution is -0.134. The predicted octanol–water partition coefficient (Wildman–Crippen LogP) is 3.02. The summed E-state index contributed by atoms with van der Waals surface area (Å²) in [6, 6.07) is 0. The van der Waals surface area contributed by atoms with E-state index in [1.807, 2.05) is 19.1 Å². The Balaban J connectivity index is 2.86. The van der Waals surface area contributed by atoms with Crippen LogP contribution in [0.4, 0.5) is 0 Å². The molecule has 0 amide bonds. The summed E-state index contributed by atoms with van der Waals surface area (Å²) in [7, 11) is 1.36. The van der Waals surface area contributed by atoms with Crippen LogP contribution in [0.1, 0.15) is 33.6 Å². The highest BCUT2D eigenvalue weighted by atomic mass is 16.5. The maximum Gasteiger partial charge on any atom is 0.330 e. The molecule has 0 saturated heterocycles. The van der Waals surface area contributed by atoms with Gasteiger partial charge in [-0.05, 0) is 25.3 Å². The molecule has 1 rings (SSSR count). The minimum absolute atomic E-state index is 0.122. The molecule has 0 aromatic carbocycles. The largest absolute Gasteiger partial charge is 0.466 e. The Morgan fingerprint density at radius 3 is 2.74 bits per heavy atom. The van der Waals surface area contributed by atoms with Crippen molar-refractivity contribution in [3.8, 4) is 0 Å². The Kier molecular flexibility index (Phi) is 5.12. The molecule has 0 spiro atoms. The van der Waals surface area contributed by atoms with Crippen molar-refractivity contribution in [2.45, 2.75) is 39.7 Å². The highest BCUT2D eigenvalue weighted by Gasteiger charge is 2.39. The molecular formula is C16H24O3. The number of aliphatic hydroxyl groups is 1. The van der Waals surface area contributed by atoms with E-state index in [9.17, 15) is 9.90 Å². The van der Waals surface area contributed by atoms with Crippen LogP contribution in [0.5, 0.6) is 0 Å². The lowest BCUT2D eigenvalue weighted by Crippen LogP contribution is -2.40. The molecule has 19 heavy (non-hydrogen) atoms. The van der Waals surface area contributed by atoms with E-state index in [1.54, 1.807) is 0 Å². The molecule has 0 heterocycles. The molecule has 0 aromatic heterocycles. The van der Waals surface area contributed by atoms with Crippen LogP contribution in [0.15, 0.2) is 36.0 Å².